The molecule has 126 valence electrons. The minimum Gasteiger partial charge on any atom is -0.486 e. The van der Waals surface area contributed by atoms with Gasteiger partial charge < -0.3 is 14.6 Å². The molecule has 3 aromatic rings. The van der Waals surface area contributed by atoms with Gasteiger partial charge in [0.05, 0.1) is 11.4 Å². The first kappa shape index (κ1) is 15.3. The maximum Gasteiger partial charge on any atom is 0.328 e. The van der Waals surface area contributed by atoms with Crippen LogP contribution >= 0.6 is 0 Å². The van der Waals surface area contributed by atoms with Crippen LogP contribution in [0.1, 0.15) is 11.3 Å². The largest absolute Gasteiger partial charge is 0.486 e. The lowest BCUT2D eigenvalue weighted by Crippen LogP contribution is -2.15. The van der Waals surface area contributed by atoms with E-state index in [0.29, 0.717) is 36.1 Å². The van der Waals surface area contributed by atoms with Gasteiger partial charge in [0, 0.05) is 17.8 Å². The number of aryl methyl sites for hydroxylation is 1. The van der Waals surface area contributed by atoms with E-state index in [9.17, 15) is 4.79 Å². The van der Waals surface area contributed by atoms with Crippen LogP contribution in [0.2, 0.25) is 0 Å². The van der Waals surface area contributed by atoms with Crippen molar-refractivity contribution in [1.29, 1.82) is 0 Å². The van der Waals surface area contributed by atoms with Gasteiger partial charge in [-0.15, -0.1) is 0 Å². The molecule has 3 heterocycles. The van der Waals surface area contributed by atoms with Crippen molar-refractivity contribution in [1.82, 2.24) is 9.38 Å². The number of carboxylic acids is 1. The quantitative estimate of drug-likeness (QED) is 0.744. The van der Waals surface area contributed by atoms with E-state index >= 15 is 0 Å². The summed E-state index contributed by atoms with van der Waals surface area (Å²) in [6.45, 7) is 3.01. The van der Waals surface area contributed by atoms with Gasteiger partial charge in [0.1, 0.15) is 18.9 Å². The Bertz CT molecular complexity index is 1000. The fourth-order valence-electron chi connectivity index (χ4n) is 2.93. The number of hydrogen-bond donors (Lipinski definition) is 1. The molecule has 0 aliphatic carbocycles. The van der Waals surface area contributed by atoms with E-state index in [2.05, 4.69) is 0 Å². The number of hydrogen-bond acceptors (Lipinski definition) is 4. The van der Waals surface area contributed by atoms with Gasteiger partial charge in [-0.05, 0) is 42.8 Å². The van der Waals surface area contributed by atoms with Crippen molar-refractivity contribution in [3.05, 3.63) is 53.9 Å². The van der Waals surface area contributed by atoms with E-state index in [0.717, 1.165) is 22.9 Å². The molecular formula is C19H16N2O4. The van der Waals surface area contributed by atoms with Gasteiger partial charge in [0.2, 0.25) is 0 Å². The van der Waals surface area contributed by atoms with Gasteiger partial charge in [0.15, 0.2) is 11.5 Å². The summed E-state index contributed by atoms with van der Waals surface area (Å²) in [5.74, 6) is 0.374. The van der Waals surface area contributed by atoms with Crippen molar-refractivity contribution in [2.45, 2.75) is 6.92 Å². The third-order valence-corrected chi connectivity index (χ3v) is 4.08. The molecule has 6 heteroatoms. The summed E-state index contributed by atoms with van der Waals surface area (Å²) in [7, 11) is 0. The molecular weight excluding hydrogens is 320 g/mol. The Hall–Kier alpha value is -3.28. The molecule has 0 radical (unpaired) electrons. The molecule has 0 bridgehead atoms. The minimum absolute atomic E-state index is 0.506. The molecule has 1 aliphatic heterocycles. The fourth-order valence-corrected chi connectivity index (χ4v) is 2.93. The number of nitrogens with zero attached hydrogens (tertiary/aromatic N) is 2. The highest BCUT2D eigenvalue weighted by Gasteiger charge is 2.17. The Balaban J connectivity index is 1.93. The summed E-state index contributed by atoms with van der Waals surface area (Å²) in [5.41, 5.74) is 4.05. The SMILES string of the molecule is Cc1cccn2c(/C=C/C(=O)O)c(-c3ccc4c(c3)OCCO4)nc12. The Labute approximate surface area is 144 Å². The van der Waals surface area contributed by atoms with Gasteiger partial charge in [-0.3, -0.25) is 4.40 Å². The van der Waals surface area contributed by atoms with E-state index in [1.54, 1.807) is 6.08 Å². The zero-order valence-electron chi connectivity index (χ0n) is 13.6. The standard InChI is InChI=1S/C19H16N2O4/c1-12-3-2-8-21-14(5-7-17(22)23)18(20-19(12)21)13-4-6-15-16(11-13)25-10-9-24-15/h2-8,11H,9-10H2,1H3,(H,22,23)/b7-5+. The van der Waals surface area contributed by atoms with Crippen LogP contribution < -0.4 is 9.47 Å². The molecule has 4 rings (SSSR count). The molecule has 1 aliphatic rings. The van der Waals surface area contributed by atoms with Crippen molar-refractivity contribution in [2.24, 2.45) is 0 Å². The number of carboxylic acid groups (broad SMARTS) is 1. The average molecular weight is 336 g/mol. The normalized spacial score (nSPS) is 13.5. The fraction of sp³-hybridized carbons (Fsp3) is 0.158. The molecule has 1 aromatic carbocycles. The Morgan fingerprint density at radius 1 is 1.24 bits per heavy atom. The number of aliphatic carboxylic acids is 1. The second-order valence-electron chi connectivity index (χ2n) is 5.76. The summed E-state index contributed by atoms with van der Waals surface area (Å²) in [6.07, 6.45) is 4.56. The average Bonchev–Trinajstić information content (AvgIpc) is 2.99. The smallest absolute Gasteiger partial charge is 0.328 e. The van der Waals surface area contributed by atoms with Crippen molar-refractivity contribution < 1.29 is 19.4 Å². The second-order valence-corrected chi connectivity index (χ2v) is 5.76. The van der Waals surface area contributed by atoms with E-state index in [1.165, 1.54) is 0 Å². The van der Waals surface area contributed by atoms with Crippen molar-refractivity contribution in [3.63, 3.8) is 0 Å². The van der Waals surface area contributed by atoms with Gasteiger partial charge >= 0.3 is 5.97 Å². The van der Waals surface area contributed by atoms with Gasteiger partial charge in [-0.2, -0.15) is 0 Å². The third-order valence-electron chi connectivity index (χ3n) is 4.08. The second kappa shape index (κ2) is 5.98. The highest BCUT2D eigenvalue weighted by molar-refractivity contribution is 5.87. The molecule has 2 aromatic heterocycles. The van der Waals surface area contributed by atoms with Gasteiger partial charge in [0.25, 0.3) is 0 Å². The number of rotatable bonds is 3. The maximum absolute atomic E-state index is 11.0. The molecule has 0 amide bonds. The highest BCUT2D eigenvalue weighted by atomic mass is 16.6. The van der Waals surface area contributed by atoms with Crippen LogP contribution in [0, 0.1) is 6.92 Å². The number of imidazole rings is 1. The molecule has 6 nitrogen and oxygen atoms in total. The summed E-state index contributed by atoms with van der Waals surface area (Å²) in [4.78, 5) is 15.7. The van der Waals surface area contributed by atoms with Crippen molar-refractivity contribution >= 4 is 17.7 Å². The first-order valence-electron chi connectivity index (χ1n) is 7.92. The van der Waals surface area contributed by atoms with E-state index in [4.69, 9.17) is 19.6 Å². The molecule has 1 N–H and O–H groups in total. The monoisotopic (exact) mass is 336 g/mol. The maximum atomic E-state index is 11.0. The topological polar surface area (TPSA) is 73.1 Å². The van der Waals surface area contributed by atoms with Gasteiger partial charge in [-0.25, -0.2) is 9.78 Å². The Morgan fingerprint density at radius 3 is 2.84 bits per heavy atom. The number of fused-ring (bicyclic) bond motifs is 2. The van der Waals surface area contributed by atoms with Crippen molar-refractivity contribution in [2.75, 3.05) is 13.2 Å². The predicted molar refractivity (Wildman–Crippen MR) is 93.0 cm³/mol. The summed E-state index contributed by atoms with van der Waals surface area (Å²) < 4.78 is 13.1. The molecule has 0 spiro atoms. The first-order valence-corrected chi connectivity index (χ1v) is 7.92. The van der Waals surface area contributed by atoms with Crippen LogP contribution in [-0.4, -0.2) is 33.7 Å². The molecule has 0 atom stereocenters. The lowest BCUT2D eigenvalue weighted by molar-refractivity contribution is -0.131. The molecule has 0 unspecified atom stereocenters. The third kappa shape index (κ3) is 2.71. The summed E-state index contributed by atoms with van der Waals surface area (Å²) >= 11 is 0. The Kier molecular flexibility index (Phi) is 3.65. The van der Waals surface area contributed by atoms with Gasteiger partial charge in [-0.1, -0.05) is 6.07 Å². The lowest BCUT2D eigenvalue weighted by atomic mass is 10.1. The first-order chi connectivity index (χ1) is 12.1. The highest BCUT2D eigenvalue weighted by Crippen LogP contribution is 2.36. The zero-order chi connectivity index (χ0) is 17.4. The van der Waals surface area contributed by atoms with Crippen LogP contribution in [0.5, 0.6) is 11.5 Å². The summed E-state index contributed by atoms with van der Waals surface area (Å²) in [5, 5.41) is 9.01. The predicted octanol–water partition coefficient (Wildman–Crippen LogP) is 3.18. The van der Waals surface area contributed by atoms with E-state index in [1.807, 2.05) is 47.9 Å². The summed E-state index contributed by atoms with van der Waals surface area (Å²) in [6, 6.07) is 9.52. The number of aromatic nitrogens is 2. The number of ether oxygens (including phenoxy) is 2. The molecule has 0 fully saturated rings. The molecule has 25 heavy (non-hydrogen) atoms. The van der Waals surface area contributed by atoms with Crippen LogP contribution in [0.4, 0.5) is 0 Å². The number of benzene rings is 1. The Morgan fingerprint density at radius 2 is 2.04 bits per heavy atom. The molecule has 0 saturated carbocycles. The zero-order valence-corrected chi connectivity index (χ0v) is 13.6. The minimum atomic E-state index is -1.00. The van der Waals surface area contributed by atoms with E-state index < -0.39 is 5.97 Å². The van der Waals surface area contributed by atoms with Crippen LogP contribution in [0.25, 0.3) is 23.0 Å². The molecule has 0 saturated heterocycles. The lowest BCUT2D eigenvalue weighted by Gasteiger charge is -2.18. The van der Waals surface area contributed by atoms with Crippen LogP contribution in [0.15, 0.2) is 42.6 Å². The van der Waals surface area contributed by atoms with Crippen molar-refractivity contribution in [3.8, 4) is 22.8 Å². The number of pyridine rings is 1. The number of carbonyl (C=O) groups is 1. The van der Waals surface area contributed by atoms with Crippen LogP contribution in [0.3, 0.4) is 0 Å². The van der Waals surface area contributed by atoms with E-state index in [-0.39, 0.29) is 0 Å². The van der Waals surface area contributed by atoms with Crippen LogP contribution in [-0.2, 0) is 4.79 Å².